The largest absolute Gasteiger partial charge is 0.371 e. The van der Waals surface area contributed by atoms with Gasteiger partial charge in [0.2, 0.25) is 0 Å². The number of sulfone groups is 1. The van der Waals surface area contributed by atoms with Crippen LogP contribution in [-0.4, -0.2) is 44.2 Å². The monoisotopic (exact) mass is 430 g/mol. The van der Waals surface area contributed by atoms with Crippen molar-refractivity contribution in [3.63, 3.8) is 0 Å². The third-order valence-electron chi connectivity index (χ3n) is 5.52. The van der Waals surface area contributed by atoms with Crippen LogP contribution in [0, 0.1) is 6.92 Å². The number of benzene rings is 2. The average molecular weight is 431 g/mol. The third kappa shape index (κ3) is 4.78. The number of aryl methyl sites for hydroxylation is 1. The second kappa shape index (κ2) is 8.40. The fraction of sp³-hybridized carbons (Fsp3) is 0.409. The van der Waals surface area contributed by atoms with Gasteiger partial charge in [-0.15, -0.1) is 11.8 Å². The van der Waals surface area contributed by atoms with Crippen LogP contribution >= 0.6 is 11.8 Å². The Balaban J connectivity index is 1.48. The molecule has 2 aliphatic rings. The van der Waals surface area contributed by atoms with E-state index in [1.165, 1.54) is 30.3 Å². The fourth-order valence-corrected chi connectivity index (χ4v) is 7.66. The number of amides is 1. The van der Waals surface area contributed by atoms with Gasteiger partial charge in [0.15, 0.2) is 9.84 Å². The number of hydrogen-bond acceptors (Lipinski definition) is 5. The van der Waals surface area contributed by atoms with Gasteiger partial charge < -0.3 is 10.2 Å². The number of carbonyl (C=O) groups is 1. The van der Waals surface area contributed by atoms with Gasteiger partial charge in [-0.1, -0.05) is 12.1 Å². The molecule has 7 heteroatoms. The van der Waals surface area contributed by atoms with Gasteiger partial charge in [-0.25, -0.2) is 8.42 Å². The molecule has 1 amide bonds. The van der Waals surface area contributed by atoms with E-state index in [2.05, 4.69) is 23.2 Å². The lowest BCUT2D eigenvalue weighted by molar-refractivity contribution is 0.102. The smallest absolute Gasteiger partial charge is 0.256 e. The van der Waals surface area contributed by atoms with Crippen molar-refractivity contribution in [2.75, 3.05) is 34.8 Å². The van der Waals surface area contributed by atoms with Gasteiger partial charge in [-0.2, -0.15) is 0 Å². The van der Waals surface area contributed by atoms with E-state index >= 15 is 0 Å². The minimum Gasteiger partial charge on any atom is -0.371 e. The first-order chi connectivity index (χ1) is 13.9. The first-order valence-electron chi connectivity index (χ1n) is 10.0. The molecule has 0 saturated carbocycles. The molecule has 2 saturated heterocycles. The SMILES string of the molecule is Cc1cc(NC(=O)c2ccccc2SC2CCS(=O)(=O)C2)ccc1N1CCCC1. The highest BCUT2D eigenvalue weighted by molar-refractivity contribution is 8.02. The van der Waals surface area contributed by atoms with Crippen LogP contribution in [0.3, 0.4) is 0 Å². The van der Waals surface area contributed by atoms with Crippen molar-refractivity contribution in [1.82, 2.24) is 0 Å². The van der Waals surface area contributed by atoms with Gasteiger partial charge in [0.05, 0.1) is 17.1 Å². The Bertz CT molecular complexity index is 1010. The minimum absolute atomic E-state index is 0.0101. The summed E-state index contributed by atoms with van der Waals surface area (Å²) < 4.78 is 23.5. The van der Waals surface area contributed by atoms with Crippen molar-refractivity contribution in [1.29, 1.82) is 0 Å². The summed E-state index contributed by atoms with van der Waals surface area (Å²) in [6.07, 6.45) is 3.10. The minimum atomic E-state index is -2.94. The van der Waals surface area contributed by atoms with Gasteiger partial charge in [0, 0.05) is 34.6 Å². The lowest BCUT2D eigenvalue weighted by atomic mass is 10.1. The lowest BCUT2D eigenvalue weighted by Gasteiger charge is -2.21. The summed E-state index contributed by atoms with van der Waals surface area (Å²) >= 11 is 1.49. The van der Waals surface area contributed by atoms with E-state index in [0.29, 0.717) is 12.0 Å². The number of nitrogens with one attached hydrogen (secondary N) is 1. The van der Waals surface area contributed by atoms with E-state index in [1.807, 2.05) is 30.3 Å². The molecule has 2 aromatic carbocycles. The zero-order valence-corrected chi connectivity index (χ0v) is 18.2. The summed E-state index contributed by atoms with van der Waals surface area (Å²) in [5.41, 5.74) is 3.75. The second-order valence-electron chi connectivity index (χ2n) is 7.79. The van der Waals surface area contributed by atoms with Crippen LogP contribution < -0.4 is 10.2 Å². The Morgan fingerprint density at radius 3 is 2.59 bits per heavy atom. The van der Waals surface area contributed by atoms with Crippen LogP contribution in [0.1, 0.15) is 35.2 Å². The van der Waals surface area contributed by atoms with E-state index < -0.39 is 9.84 Å². The van der Waals surface area contributed by atoms with Crippen LogP contribution in [0.15, 0.2) is 47.4 Å². The highest BCUT2D eigenvalue weighted by Crippen LogP contribution is 2.33. The number of anilines is 2. The fourth-order valence-electron chi connectivity index (χ4n) is 4.03. The quantitative estimate of drug-likeness (QED) is 0.773. The molecule has 2 aliphatic heterocycles. The normalized spacial score (nSPS) is 20.7. The van der Waals surface area contributed by atoms with Gasteiger partial charge in [0.25, 0.3) is 5.91 Å². The number of carbonyl (C=O) groups excluding carboxylic acids is 1. The maximum atomic E-state index is 12.9. The van der Waals surface area contributed by atoms with E-state index in [9.17, 15) is 13.2 Å². The molecule has 1 N–H and O–H groups in total. The van der Waals surface area contributed by atoms with E-state index in [0.717, 1.165) is 29.2 Å². The first kappa shape index (κ1) is 20.3. The lowest BCUT2D eigenvalue weighted by Crippen LogP contribution is -2.19. The molecule has 0 aromatic heterocycles. The maximum Gasteiger partial charge on any atom is 0.256 e. The van der Waals surface area contributed by atoms with Crippen LogP contribution in [0.25, 0.3) is 0 Å². The average Bonchev–Trinajstić information content (AvgIpc) is 3.32. The molecular formula is C22H26N2O3S2. The first-order valence-corrected chi connectivity index (χ1v) is 12.7. The standard InChI is InChI=1S/C22H26N2O3S2/c1-16-14-17(8-9-20(16)24-11-4-5-12-24)23-22(25)19-6-2-3-7-21(19)28-18-10-13-29(26,27)15-18/h2-3,6-9,14,18H,4-5,10-13,15H2,1H3,(H,23,25). The molecule has 0 aliphatic carbocycles. The highest BCUT2D eigenvalue weighted by atomic mass is 32.2. The summed E-state index contributed by atoms with van der Waals surface area (Å²) in [7, 11) is -2.94. The number of nitrogens with zero attached hydrogens (tertiary/aromatic N) is 1. The second-order valence-corrected chi connectivity index (χ2v) is 11.4. The summed E-state index contributed by atoms with van der Waals surface area (Å²) in [5, 5.41) is 3.02. The van der Waals surface area contributed by atoms with E-state index in [-0.39, 0.29) is 22.7 Å². The Morgan fingerprint density at radius 2 is 1.90 bits per heavy atom. The Labute approximate surface area is 176 Å². The van der Waals surface area contributed by atoms with E-state index in [4.69, 9.17) is 0 Å². The molecule has 4 rings (SSSR count). The van der Waals surface area contributed by atoms with Gasteiger partial charge in [0.1, 0.15) is 0 Å². The summed E-state index contributed by atoms with van der Waals surface area (Å²) in [5.74, 6) is 0.259. The molecule has 2 aromatic rings. The predicted molar refractivity (Wildman–Crippen MR) is 120 cm³/mol. The number of hydrogen-bond donors (Lipinski definition) is 1. The van der Waals surface area contributed by atoms with Crippen molar-refractivity contribution in [3.05, 3.63) is 53.6 Å². The molecule has 1 atom stereocenters. The number of rotatable bonds is 5. The summed E-state index contributed by atoms with van der Waals surface area (Å²) in [6.45, 7) is 4.26. The van der Waals surface area contributed by atoms with E-state index in [1.54, 1.807) is 6.07 Å². The maximum absolute atomic E-state index is 12.9. The highest BCUT2D eigenvalue weighted by Gasteiger charge is 2.29. The Hall–Kier alpha value is -1.99. The molecule has 2 heterocycles. The van der Waals surface area contributed by atoms with Crippen LogP contribution in [0.5, 0.6) is 0 Å². The molecule has 0 radical (unpaired) electrons. The van der Waals surface area contributed by atoms with Crippen molar-refractivity contribution in [2.45, 2.75) is 36.3 Å². The van der Waals surface area contributed by atoms with Crippen molar-refractivity contribution < 1.29 is 13.2 Å². The van der Waals surface area contributed by atoms with Crippen LogP contribution in [0.4, 0.5) is 11.4 Å². The summed E-state index contributed by atoms with van der Waals surface area (Å²) in [6, 6.07) is 13.5. The molecule has 0 bridgehead atoms. The topological polar surface area (TPSA) is 66.5 Å². The van der Waals surface area contributed by atoms with Crippen molar-refractivity contribution >= 4 is 38.9 Å². The molecule has 29 heavy (non-hydrogen) atoms. The molecule has 5 nitrogen and oxygen atoms in total. The van der Waals surface area contributed by atoms with Gasteiger partial charge in [-0.05, 0) is 62.1 Å². The number of thioether (sulfide) groups is 1. The molecule has 154 valence electrons. The van der Waals surface area contributed by atoms with Crippen LogP contribution in [0.2, 0.25) is 0 Å². The van der Waals surface area contributed by atoms with Crippen LogP contribution in [-0.2, 0) is 9.84 Å². The molecule has 0 spiro atoms. The molecule has 1 unspecified atom stereocenters. The zero-order chi connectivity index (χ0) is 20.4. The third-order valence-corrected chi connectivity index (χ3v) is 8.84. The Kier molecular flexibility index (Phi) is 5.88. The Morgan fingerprint density at radius 1 is 1.14 bits per heavy atom. The van der Waals surface area contributed by atoms with Gasteiger partial charge >= 0.3 is 0 Å². The van der Waals surface area contributed by atoms with Gasteiger partial charge in [-0.3, -0.25) is 4.79 Å². The van der Waals surface area contributed by atoms with Crippen molar-refractivity contribution in [3.8, 4) is 0 Å². The summed E-state index contributed by atoms with van der Waals surface area (Å²) in [4.78, 5) is 16.2. The molecular weight excluding hydrogens is 404 g/mol. The zero-order valence-electron chi connectivity index (χ0n) is 16.6. The van der Waals surface area contributed by atoms with Crippen molar-refractivity contribution in [2.24, 2.45) is 0 Å². The predicted octanol–water partition coefficient (Wildman–Crippen LogP) is 4.13. The molecule has 2 fully saturated rings.